The van der Waals surface area contributed by atoms with E-state index in [1.165, 1.54) is 54.9 Å². The van der Waals surface area contributed by atoms with Crippen molar-refractivity contribution in [2.24, 2.45) is 0 Å². The highest BCUT2D eigenvalue weighted by atomic mass is 16.5. The van der Waals surface area contributed by atoms with Crippen LogP contribution in [0.25, 0.3) is 54.9 Å². The number of para-hydroxylation sites is 2. The minimum Gasteiger partial charge on any atom is -0.457 e. The van der Waals surface area contributed by atoms with Crippen molar-refractivity contribution in [3.63, 3.8) is 0 Å². The first-order chi connectivity index (χ1) is 23.8. The van der Waals surface area contributed by atoms with Gasteiger partial charge in [-0.2, -0.15) is 5.26 Å². The first-order valence-corrected chi connectivity index (χ1v) is 16.3. The summed E-state index contributed by atoms with van der Waals surface area (Å²) in [5.41, 5.74) is 12.1. The van der Waals surface area contributed by atoms with Crippen LogP contribution in [0.5, 0.6) is 11.5 Å². The van der Waals surface area contributed by atoms with Gasteiger partial charge in [0.1, 0.15) is 11.5 Å². The number of nitrogens with zero attached hydrogens (tertiary/aromatic N) is 1. The second-order valence-electron chi connectivity index (χ2n) is 12.7. The van der Waals surface area contributed by atoms with Crippen molar-refractivity contribution in [2.75, 3.05) is 0 Å². The quantitative estimate of drug-likeness (QED) is 0.183. The molecule has 0 N–H and O–H groups in total. The van der Waals surface area contributed by atoms with E-state index in [0.29, 0.717) is 5.56 Å². The molecule has 0 aromatic heterocycles. The van der Waals surface area contributed by atoms with Gasteiger partial charge in [-0.15, -0.1) is 0 Å². The summed E-state index contributed by atoms with van der Waals surface area (Å²) in [6.07, 6.45) is 0. The number of ether oxygens (including phenoxy) is 1. The average Bonchev–Trinajstić information content (AvgIpc) is 3.44. The summed E-state index contributed by atoms with van der Waals surface area (Å²) in [5.74, 6) is 1.79. The number of rotatable bonds is 2. The first-order valence-electron chi connectivity index (χ1n) is 16.3. The second-order valence-corrected chi connectivity index (χ2v) is 12.7. The van der Waals surface area contributed by atoms with E-state index in [4.69, 9.17) is 4.74 Å². The molecule has 0 amide bonds. The van der Waals surface area contributed by atoms with Crippen molar-refractivity contribution >= 4 is 21.5 Å². The lowest BCUT2D eigenvalue weighted by Gasteiger charge is -2.39. The monoisotopic (exact) mass is 609 g/mol. The normalized spacial score (nSPS) is 13.3. The van der Waals surface area contributed by atoms with E-state index >= 15 is 0 Å². The van der Waals surface area contributed by atoms with E-state index in [9.17, 15) is 5.26 Å². The molecule has 1 aliphatic carbocycles. The SMILES string of the molecule is N#Cc1cccc(-c2c3ccccc3c(-c3ccc4c(c3)C3(c5ccccc5Oc5ccccc53)c3ccccc3-4)c3ccccc23)c1. The molecule has 2 aliphatic rings. The molecule has 0 saturated heterocycles. The van der Waals surface area contributed by atoms with Gasteiger partial charge < -0.3 is 4.74 Å². The fraction of sp³-hybridized carbons (Fsp3) is 0.0217. The molecule has 8 aromatic carbocycles. The van der Waals surface area contributed by atoms with Crippen LogP contribution < -0.4 is 4.74 Å². The molecule has 0 fully saturated rings. The Bertz CT molecular complexity index is 2570. The van der Waals surface area contributed by atoms with Crippen molar-refractivity contribution in [1.82, 2.24) is 0 Å². The molecule has 8 aromatic rings. The Morgan fingerprint density at radius 3 is 1.52 bits per heavy atom. The van der Waals surface area contributed by atoms with Crippen LogP contribution in [-0.4, -0.2) is 0 Å². The average molecular weight is 610 g/mol. The lowest BCUT2D eigenvalue weighted by Crippen LogP contribution is -2.32. The molecular formula is C46H27NO. The van der Waals surface area contributed by atoms with E-state index in [1.54, 1.807) is 0 Å². The standard InChI is InChI=1S/C46H27NO/c47-28-29-12-11-13-30(26-29)44-34-15-1-3-17-36(34)45(37-18-4-2-16-35(37)44)31-24-25-33-32-14-5-6-19-38(32)46(41(33)27-31)39-20-7-9-22-42(39)48-43-23-10-8-21-40(43)46/h1-27H. The second kappa shape index (κ2) is 10.0. The minimum absolute atomic E-state index is 0.531. The predicted molar refractivity (Wildman–Crippen MR) is 194 cm³/mol. The Labute approximate surface area is 278 Å². The smallest absolute Gasteiger partial charge is 0.132 e. The third-order valence-electron chi connectivity index (χ3n) is 10.3. The molecule has 0 atom stereocenters. The van der Waals surface area contributed by atoms with E-state index in [0.717, 1.165) is 33.8 Å². The molecule has 222 valence electrons. The van der Waals surface area contributed by atoms with Crippen molar-refractivity contribution in [3.05, 3.63) is 192 Å². The zero-order valence-corrected chi connectivity index (χ0v) is 25.9. The molecule has 1 aliphatic heterocycles. The maximum absolute atomic E-state index is 9.74. The summed E-state index contributed by atoms with van der Waals surface area (Å²) < 4.78 is 6.58. The zero-order valence-electron chi connectivity index (χ0n) is 25.9. The molecule has 2 heteroatoms. The van der Waals surface area contributed by atoms with Gasteiger partial charge in [-0.05, 0) is 96.4 Å². The van der Waals surface area contributed by atoms with Crippen molar-refractivity contribution < 1.29 is 4.74 Å². The summed E-state index contributed by atoms with van der Waals surface area (Å²) in [7, 11) is 0. The van der Waals surface area contributed by atoms with Crippen molar-refractivity contribution in [1.29, 1.82) is 5.26 Å². The van der Waals surface area contributed by atoms with Gasteiger partial charge >= 0.3 is 0 Å². The summed E-state index contributed by atoms with van der Waals surface area (Å²) in [4.78, 5) is 0. The highest BCUT2D eigenvalue weighted by molar-refractivity contribution is 6.21. The number of benzene rings is 8. The molecular weight excluding hydrogens is 583 g/mol. The number of hydrogen-bond acceptors (Lipinski definition) is 2. The maximum Gasteiger partial charge on any atom is 0.132 e. The molecule has 0 unspecified atom stereocenters. The van der Waals surface area contributed by atoms with Crippen LogP contribution in [0.3, 0.4) is 0 Å². The fourth-order valence-corrected chi connectivity index (χ4v) is 8.50. The molecule has 10 rings (SSSR count). The van der Waals surface area contributed by atoms with Crippen molar-refractivity contribution in [2.45, 2.75) is 5.41 Å². The molecule has 2 nitrogen and oxygen atoms in total. The van der Waals surface area contributed by atoms with Crippen molar-refractivity contribution in [3.8, 4) is 50.9 Å². The Morgan fingerprint density at radius 1 is 0.417 bits per heavy atom. The summed E-state index contributed by atoms with van der Waals surface area (Å²) in [6, 6.07) is 60.7. The van der Waals surface area contributed by atoms with Gasteiger partial charge in [-0.25, -0.2) is 0 Å². The van der Waals surface area contributed by atoms with Crippen LogP contribution in [0.2, 0.25) is 0 Å². The Morgan fingerprint density at radius 2 is 0.917 bits per heavy atom. The lowest BCUT2D eigenvalue weighted by atomic mass is 9.66. The van der Waals surface area contributed by atoms with E-state index in [-0.39, 0.29) is 0 Å². The van der Waals surface area contributed by atoms with E-state index in [1.807, 2.05) is 18.2 Å². The Balaban J connectivity index is 1.32. The lowest BCUT2D eigenvalue weighted by molar-refractivity contribution is 0.436. The topological polar surface area (TPSA) is 33.0 Å². The molecule has 1 heterocycles. The Kier molecular flexibility index (Phi) is 5.59. The number of hydrogen-bond donors (Lipinski definition) is 0. The van der Waals surface area contributed by atoms with Gasteiger partial charge in [-0.3, -0.25) is 0 Å². The van der Waals surface area contributed by atoms with E-state index < -0.39 is 5.41 Å². The van der Waals surface area contributed by atoms with E-state index in [2.05, 4.69) is 152 Å². The van der Waals surface area contributed by atoms with Crippen LogP contribution in [0.1, 0.15) is 27.8 Å². The molecule has 1 spiro atoms. The third kappa shape index (κ3) is 3.51. The van der Waals surface area contributed by atoms with Crippen LogP contribution in [0.4, 0.5) is 0 Å². The van der Waals surface area contributed by atoms with Gasteiger partial charge in [-0.1, -0.05) is 133 Å². The summed E-state index contributed by atoms with van der Waals surface area (Å²) in [6.45, 7) is 0. The number of fused-ring (bicyclic) bond motifs is 11. The van der Waals surface area contributed by atoms with Crippen LogP contribution in [0.15, 0.2) is 164 Å². The Hall–Kier alpha value is -6.43. The summed E-state index contributed by atoms with van der Waals surface area (Å²) in [5, 5.41) is 14.4. The molecule has 48 heavy (non-hydrogen) atoms. The van der Waals surface area contributed by atoms with Crippen LogP contribution in [0, 0.1) is 11.3 Å². The highest BCUT2D eigenvalue weighted by Crippen LogP contribution is 2.62. The highest BCUT2D eigenvalue weighted by Gasteiger charge is 2.51. The van der Waals surface area contributed by atoms with Gasteiger partial charge in [0, 0.05) is 11.1 Å². The molecule has 0 bridgehead atoms. The largest absolute Gasteiger partial charge is 0.457 e. The van der Waals surface area contributed by atoms with Gasteiger partial charge in [0.2, 0.25) is 0 Å². The third-order valence-corrected chi connectivity index (χ3v) is 10.3. The first kappa shape index (κ1) is 26.8. The maximum atomic E-state index is 9.74. The van der Waals surface area contributed by atoms with Gasteiger partial charge in [0.15, 0.2) is 0 Å². The molecule has 0 saturated carbocycles. The number of nitriles is 1. The summed E-state index contributed by atoms with van der Waals surface area (Å²) >= 11 is 0. The van der Waals surface area contributed by atoms with Gasteiger partial charge in [0.25, 0.3) is 0 Å². The zero-order chi connectivity index (χ0) is 31.8. The fourth-order valence-electron chi connectivity index (χ4n) is 8.50. The van der Waals surface area contributed by atoms with Crippen LogP contribution in [-0.2, 0) is 5.41 Å². The minimum atomic E-state index is -0.531. The van der Waals surface area contributed by atoms with Crippen LogP contribution >= 0.6 is 0 Å². The van der Waals surface area contributed by atoms with Gasteiger partial charge in [0.05, 0.1) is 17.0 Å². The molecule has 0 radical (unpaired) electrons. The predicted octanol–water partition coefficient (Wildman–Crippen LogP) is 11.7.